The summed E-state index contributed by atoms with van der Waals surface area (Å²) in [5, 5.41) is 48.7. The van der Waals surface area contributed by atoms with E-state index in [1.54, 1.807) is 12.1 Å². The number of pyridine rings is 1. The summed E-state index contributed by atoms with van der Waals surface area (Å²) in [6, 6.07) is 1.58. The number of phenols is 2. The number of hydrogen-bond acceptors (Lipinski definition) is 11. The van der Waals surface area contributed by atoms with Crippen LogP contribution in [0.15, 0.2) is 42.7 Å². The van der Waals surface area contributed by atoms with Crippen LogP contribution in [0.2, 0.25) is 5.02 Å². The molecular formula is C30H27BClF2N7O11. The van der Waals surface area contributed by atoms with Crippen molar-refractivity contribution in [3.8, 4) is 17.2 Å². The van der Waals surface area contributed by atoms with E-state index in [2.05, 4.69) is 26.3 Å². The molecule has 1 saturated heterocycles. The molecule has 272 valence electrons. The van der Waals surface area contributed by atoms with Gasteiger partial charge in [0.1, 0.15) is 23.2 Å². The van der Waals surface area contributed by atoms with Crippen LogP contribution < -0.4 is 25.9 Å². The zero-order valence-corrected chi connectivity index (χ0v) is 27.2. The highest BCUT2D eigenvalue weighted by atomic mass is 35.5. The van der Waals surface area contributed by atoms with Crippen molar-refractivity contribution in [1.82, 2.24) is 30.7 Å². The highest BCUT2D eigenvalue weighted by Crippen LogP contribution is 2.40. The van der Waals surface area contributed by atoms with Crippen molar-refractivity contribution in [2.75, 3.05) is 31.5 Å². The van der Waals surface area contributed by atoms with E-state index in [0.717, 1.165) is 17.0 Å². The summed E-state index contributed by atoms with van der Waals surface area (Å²) < 4.78 is 34.0. The summed E-state index contributed by atoms with van der Waals surface area (Å²) in [6.07, 6.45) is 2.59. The first kappa shape index (κ1) is 37.1. The minimum atomic E-state index is -2.07. The van der Waals surface area contributed by atoms with E-state index in [9.17, 15) is 57.9 Å². The lowest BCUT2D eigenvalue weighted by atomic mass is 9.72. The molecule has 1 fully saturated rings. The number of carboxylic acids is 1. The van der Waals surface area contributed by atoms with Crippen LogP contribution in [0.25, 0.3) is 0 Å². The minimum Gasteiger partial charge on any atom is -0.534 e. The standard InChI is InChI=1S/C30H27BClF2N7O11/c32-20-15(12-17(34)22(42)23(20)43)21(25(44)38-18-11-13-1-2-16(33)19(28(47)48)24(13)52-31(18)51)39-30(50)41-10-9-40(26(45)27(41)46)8-7-36-29(49)37-14-3-5-35-6-4-14/h1-6,12,18,21,42-43,51H,7-11H2,(H,38,44)(H,39,50)(H,47,48)(H2,35,36,37,49)/t18-,21?/m0/s1. The fourth-order valence-corrected chi connectivity index (χ4v) is 5.59. The molecule has 0 aliphatic carbocycles. The lowest BCUT2D eigenvalue weighted by Gasteiger charge is -2.34. The minimum absolute atomic E-state index is 0.0629. The van der Waals surface area contributed by atoms with E-state index >= 15 is 0 Å². The smallest absolute Gasteiger partial charge is 0.534 e. The van der Waals surface area contributed by atoms with Crippen LogP contribution in [-0.4, -0.2) is 110 Å². The number of imide groups is 1. The summed E-state index contributed by atoms with van der Waals surface area (Å²) >= 11 is 6.11. The Kier molecular flexibility index (Phi) is 10.9. The van der Waals surface area contributed by atoms with Gasteiger partial charge in [-0.15, -0.1) is 0 Å². The third-order valence-electron chi connectivity index (χ3n) is 7.95. The van der Waals surface area contributed by atoms with E-state index in [1.165, 1.54) is 12.4 Å². The van der Waals surface area contributed by atoms with Crippen LogP contribution in [0.3, 0.4) is 0 Å². The van der Waals surface area contributed by atoms with Gasteiger partial charge in [0.2, 0.25) is 5.91 Å². The Balaban J connectivity index is 1.29. The number of piperazine rings is 1. The number of rotatable bonds is 9. The highest BCUT2D eigenvalue weighted by Gasteiger charge is 2.42. The molecule has 3 heterocycles. The normalized spacial score (nSPS) is 16.0. The number of halogens is 3. The Hall–Kier alpha value is -6.22. The van der Waals surface area contributed by atoms with E-state index in [1.807, 2.05) is 0 Å². The lowest BCUT2D eigenvalue weighted by Crippen LogP contribution is -2.60. The summed E-state index contributed by atoms with van der Waals surface area (Å²) in [5.74, 6) is -12.4. The topological polar surface area (TPSA) is 260 Å². The second kappa shape index (κ2) is 15.4. The third kappa shape index (κ3) is 7.74. The monoisotopic (exact) mass is 745 g/mol. The van der Waals surface area contributed by atoms with Crippen LogP contribution in [0, 0.1) is 11.6 Å². The predicted molar refractivity (Wildman–Crippen MR) is 173 cm³/mol. The van der Waals surface area contributed by atoms with Crippen molar-refractivity contribution in [3.63, 3.8) is 0 Å². The number of nitrogens with zero attached hydrogens (tertiary/aromatic N) is 3. The molecule has 2 atom stereocenters. The Bertz CT molecular complexity index is 1960. The maximum absolute atomic E-state index is 14.6. The van der Waals surface area contributed by atoms with Gasteiger partial charge in [-0.25, -0.2) is 23.2 Å². The molecule has 52 heavy (non-hydrogen) atoms. The summed E-state index contributed by atoms with van der Waals surface area (Å²) in [5.41, 5.74) is -0.976. The highest BCUT2D eigenvalue weighted by molar-refractivity contribution is 6.47. The number of carboxylic acid groups (broad SMARTS) is 1. The molecule has 7 amide bonds. The van der Waals surface area contributed by atoms with E-state index in [0.29, 0.717) is 16.7 Å². The Morgan fingerprint density at radius 1 is 1.04 bits per heavy atom. The Morgan fingerprint density at radius 3 is 2.44 bits per heavy atom. The fraction of sp³-hybridized carbons (Fsp3) is 0.233. The fourth-order valence-electron chi connectivity index (χ4n) is 5.34. The lowest BCUT2D eigenvalue weighted by molar-refractivity contribution is -0.153. The molecule has 0 spiro atoms. The molecule has 0 bridgehead atoms. The quantitative estimate of drug-likeness (QED) is 0.0847. The first-order valence-electron chi connectivity index (χ1n) is 15.1. The van der Waals surface area contributed by atoms with E-state index < -0.39 is 106 Å². The number of carbonyl (C=O) groups is 6. The number of fused-ring (bicyclic) bond motifs is 1. The van der Waals surface area contributed by atoms with Gasteiger partial charge in [0.25, 0.3) is 0 Å². The zero-order valence-electron chi connectivity index (χ0n) is 26.4. The molecule has 3 aromatic rings. The molecule has 18 nitrogen and oxygen atoms in total. The van der Waals surface area contributed by atoms with Crippen LogP contribution in [-0.2, 0) is 20.8 Å². The van der Waals surface area contributed by atoms with Gasteiger partial charge >= 0.3 is 37.0 Å². The van der Waals surface area contributed by atoms with Gasteiger partial charge in [0.05, 0.1) is 11.0 Å². The number of aromatic carboxylic acids is 1. The van der Waals surface area contributed by atoms with Gasteiger partial charge in [-0.2, -0.15) is 0 Å². The predicted octanol–water partition coefficient (Wildman–Crippen LogP) is 0.505. The molecule has 5 rings (SSSR count). The second-order valence-electron chi connectivity index (χ2n) is 11.3. The third-order valence-corrected chi connectivity index (χ3v) is 8.34. The molecule has 0 radical (unpaired) electrons. The molecule has 2 aliphatic heterocycles. The average molecular weight is 746 g/mol. The molecule has 1 aromatic heterocycles. The summed E-state index contributed by atoms with van der Waals surface area (Å²) in [7, 11) is -1.98. The number of anilines is 1. The molecule has 2 aromatic carbocycles. The van der Waals surface area contributed by atoms with Gasteiger partial charge in [-0.1, -0.05) is 17.7 Å². The van der Waals surface area contributed by atoms with Crippen molar-refractivity contribution in [1.29, 1.82) is 0 Å². The maximum Gasteiger partial charge on any atom is 0.547 e. The first-order chi connectivity index (χ1) is 24.7. The number of amides is 7. The number of phenolic OH excluding ortho intramolecular Hbond substituents is 2. The Labute approximate surface area is 296 Å². The van der Waals surface area contributed by atoms with Crippen LogP contribution in [0.5, 0.6) is 17.2 Å². The molecule has 22 heteroatoms. The van der Waals surface area contributed by atoms with Gasteiger partial charge in [-0.3, -0.25) is 24.3 Å². The number of benzene rings is 2. The average Bonchev–Trinajstić information content (AvgIpc) is 3.10. The molecular weight excluding hydrogens is 719 g/mol. The SMILES string of the molecule is O=C(NCCN1CCN(C(=O)NC(C(=O)N[C@H]2Cc3ccc(F)c(C(=O)O)c3OB2O)c2cc(F)c(O)c(O)c2Cl)C(=O)C1=O)Nc1ccncc1. The first-order valence-corrected chi connectivity index (χ1v) is 15.5. The van der Waals surface area contributed by atoms with Crippen molar-refractivity contribution >= 4 is 60.2 Å². The molecule has 8 N–H and O–H groups in total. The number of hydrogen-bond donors (Lipinski definition) is 8. The van der Waals surface area contributed by atoms with Gasteiger partial charge < -0.3 is 51.2 Å². The molecule has 0 saturated carbocycles. The number of aromatic nitrogens is 1. The number of nitrogens with one attached hydrogen (secondary N) is 4. The van der Waals surface area contributed by atoms with E-state index in [4.69, 9.17) is 16.3 Å². The maximum atomic E-state index is 14.6. The van der Waals surface area contributed by atoms with E-state index in [-0.39, 0.29) is 31.6 Å². The van der Waals surface area contributed by atoms with Crippen LogP contribution in [0.4, 0.5) is 24.1 Å². The molecule has 2 aliphatic rings. The zero-order chi connectivity index (χ0) is 37.9. The van der Waals surface area contributed by atoms with Crippen molar-refractivity contribution < 1.29 is 62.5 Å². The van der Waals surface area contributed by atoms with Gasteiger partial charge in [0, 0.05) is 49.8 Å². The molecule has 1 unspecified atom stereocenters. The van der Waals surface area contributed by atoms with Crippen LogP contribution in [0.1, 0.15) is 27.5 Å². The number of urea groups is 2. The van der Waals surface area contributed by atoms with Crippen molar-refractivity contribution in [3.05, 3.63) is 76.1 Å². The van der Waals surface area contributed by atoms with Crippen molar-refractivity contribution in [2.24, 2.45) is 0 Å². The van der Waals surface area contributed by atoms with Gasteiger partial charge in [-0.05, 0) is 36.2 Å². The van der Waals surface area contributed by atoms with Gasteiger partial charge in [0.15, 0.2) is 17.3 Å². The largest absolute Gasteiger partial charge is 0.547 e. The number of carbonyl (C=O) groups excluding carboxylic acids is 5. The Morgan fingerprint density at radius 2 is 1.75 bits per heavy atom. The second-order valence-corrected chi connectivity index (χ2v) is 11.6. The van der Waals surface area contributed by atoms with Crippen LogP contribution >= 0.6 is 11.6 Å². The van der Waals surface area contributed by atoms with Crippen molar-refractivity contribution in [2.45, 2.75) is 18.4 Å². The summed E-state index contributed by atoms with van der Waals surface area (Å²) in [4.78, 5) is 82.0. The number of aromatic hydroxyl groups is 2. The summed E-state index contributed by atoms with van der Waals surface area (Å²) in [6.45, 7) is -0.786.